The molecule has 0 bridgehead atoms. The molecule has 2 heterocycles. The number of hydrogen-bond donors (Lipinski definition) is 1. The van der Waals surface area contributed by atoms with Gasteiger partial charge in [0.25, 0.3) is 0 Å². The van der Waals surface area contributed by atoms with E-state index in [1.165, 1.54) is 24.4 Å². The topological polar surface area (TPSA) is 79.5 Å². The van der Waals surface area contributed by atoms with Crippen LogP contribution in [0.15, 0.2) is 4.90 Å². The molecule has 2 N–H and O–H groups in total. The summed E-state index contributed by atoms with van der Waals surface area (Å²) in [6.07, 6.45) is 3.21. The number of piperazine rings is 1. The van der Waals surface area contributed by atoms with Gasteiger partial charge in [-0.05, 0) is 30.8 Å². The average Bonchev–Trinajstić information content (AvgIpc) is 3.21. The van der Waals surface area contributed by atoms with Gasteiger partial charge in [-0.3, -0.25) is 4.90 Å². The molecule has 0 aromatic carbocycles. The normalized spacial score (nSPS) is 20.9. The van der Waals surface area contributed by atoms with Crippen molar-refractivity contribution in [3.8, 4) is 0 Å². The Hall–Kier alpha value is -0.860. The van der Waals surface area contributed by atoms with Crippen LogP contribution in [0.25, 0.3) is 0 Å². The SMILES string of the molecule is CCCS(=O)(=O)c1c(N)nsc1N1CCN(C2CC2)CC1. The van der Waals surface area contributed by atoms with Crippen molar-refractivity contribution >= 4 is 32.2 Å². The molecule has 8 heteroatoms. The molecule has 1 aliphatic carbocycles. The number of aromatic nitrogens is 1. The van der Waals surface area contributed by atoms with Gasteiger partial charge in [0.05, 0.1) is 5.75 Å². The monoisotopic (exact) mass is 330 g/mol. The Morgan fingerprint density at radius 2 is 1.95 bits per heavy atom. The maximum Gasteiger partial charge on any atom is 0.185 e. The largest absolute Gasteiger partial charge is 0.382 e. The molecule has 21 heavy (non-hydrogen) atoms. The molecule has 0 spiro atoms. The lowest BCUT2D eigenvalue weighted by Crippen LogP contribution is -2.47. The Kier molecular flexibility index (Phi) is 4.11. The summed E-state index contributed by atoms with van der Waals surface area (Å²) >= 11 is 1.21. The zero-order valence-electron chi connectivity index (χ0n) is 12.3. The first-order valence-electron chi connectivity index (χ1n) is 7.50. The Bertz CT molecular complexity index is 602. The van der Waals surface area contributed by atoms with Gasteiger partial charge < -0.3 is 10.6 Å². The molecule has 6 nitrogen and oxygen atoms in total. The highest BCUT2D eigenvalue weighted by atomic mass is 32.2. The van der Waals surface area contributed by atoms with E-state index in [2.05, 4.69) is 14.2 Å². The van der Waals surface area contributed by atoms with E-state index in [0.717, 1.165) is 37.2 Å². The summed E-state index contributed by atoms with van der Waals surface area (Å²) in [5.41, 5.74) is 5.83. The molecule has 1 aromatic heterocycles. The number of anilines is 2. The van der Waals surface area contributed by atoms with Crippen molar-refractivity contribution in [2.24, 2.45) is 0 Å². The highest BCUT2D eigenvalue weighted by Crippen LogP contribution is 2.37. The van der Waals surface area contributed by atoms with Gasteiger partial charge in [0.1, 0.15) is 9.90 Å². The molecule has 1 aliphatic heterocycles. The van der Waals surface area contributed by atoms with Crippen molar-refractivity contribution < 1.29 is 8.42 Å². The van der Waals surface area contributed by atoms with Gasteiger partial charge in [-0.1, -0.05) is 6.92 Å². The molecule has 3 rings (SSSR count). The molecule has 2 aliphatic rings. The molecule has 1 aromatic rings. The van der Waals surface area contributed by atoms with Gasteiger partial charge in [0, 0.05) is 32.2 Å². The quantitative estimate of drug-likeness (QED) is 0.874. The van der Waals surface area contributed by atoms with Crippen LogP contribution in [-0.4, -0.2) is 55.7 Å². The van der Waals surface area contributed by atoms with Crippen LogP contribution in [-0.2, 0) is 9.84 Å². The number of rotatable bonds is 5. The number of nitrogens with two attached hydrogens (primary N) is 1. The molecule has 1 saturated carbocycles. The lowest BCUT2D eigenvalue weighted by atomic mass is 10.3. The van der Waals surface area contributed by atoms with Gasteiger partial charge in [-0.2, -0.15) is 4.37 Å². The van der Waals surface area contributed by atoms with Crippen molar-refractivity contribution in [1.29, 1.82) is 0 Å². The van der Waals surface area contributed by atoms with E-state index >= 15 is 0 Å². The summed E-state index contributed by atoms with van der Waals surface area (Å²) in [6.45, 7) is 5.56. The summed E-state index contributed by atoms with van der Waals surface area (Å²) in [6, 6.07) is 0.766. The third-order valence-electron chi connectivity index (χ3n) is 4.11. The fourth-order valence-corrected chi connectivity index (χ4v) is 5.69. The van der Waals surface area contributed by atoms with Crippen molar-refractivity contribution in [2.45, 2.75) is 37.1 Å². The van der Waals surface area contributed by atoms with Gasteiger partial charge >= 0.3 is 0 Å². The number of sulfone groups is 1. The number of nitrogen functional groups attached to an aromatic ring is 1. The summed E-state index contributed by atoms with van der Waals surface area (Å²) < 4.78 is 28.9. The van der Waals surface area contributed by atoms with Crippen molar-refractivity contribution in [1.82, 2.24) is 9.27 Å². The minimum Gasteiger partial charge on any atom is -0.382 e. The van der Waals surface area contributed by atoms with E-state index in [9.17, 15) is 8.42 Å². The van der Waals surface area contributed by atoms with Gasteiger partial charge in [0.15, 0.2) is 15.7 Å². The van der Waals surface area contributed by atoms with Crippen LogP contribution < -0.4 is 10.6 Å². The molecule has 118 valence electrons. The van der Waals surface area contributed by atoms with E-state index in [1.807, 2.05) is 6.92 Å². The van der Waals surface area contributed by atoms with Gasteiger partial charge in [0.2, 0.25) is 0 Å². The number of hydrogen-bond acceptors (Lipinski definition) is 7. The van der Waals surface area contributed by atoms with Crippen LogP contribution in [0.2, 0.25) is 0 Å². The van der Waals surface area contributed by atoms with Crippen LogP contribution in [0.3, 0.4) is 0 Å². The van der Waals surface area contributed by atoms with E-state index in [4.69, 9.17) is 5.73 Å². The second-order valence-electron chi connectivity index (χ2n) is 5.78. The van der Waals surface area contributed by atoms with Crippen molar-refractivity contribution in [3.63, 3.8) is 0 Å². The van der Waals surface area contributed by atoms with Crippen molar-refractivity contribution in [2.75, 3.05) is 42.6 Å². The molecule has 0 atom stereocenters. The van der Waals surface area contributed by atoms with E-state index in [1.54, 1.807) is 0 Å². The maximum atomic E-state index is 12.4. The summed E-state index contributed by atoms with van der Waals surface area (Å²) in [7, 11) is -3.33. The second-order valence-corrected chi connectivity index (χ2v) is 8.57. The lowest BCUT2D eigenvalue weighted by Gasteiger charge is -2.35. The Morgan fingerprint density at radius 1 is 1.29 bits per heavy atom. The third-order valence-corrected chi connectivity index (χ3v) is 7.13. The zero-order chi connectivity index (χ0) is 15.0. The Balaban J connectivity index is 1.80. The predicted octanol–water partition coefficient (Wildman–Crippen LogP) is 1.19. The first kappa shape index (κ1) is 15.1. The summed E-state index contributed by atoms with van der Waals surface area (Å²) in [5, 5.41) is 0.733. The van der Waals surface area contributed by atoms with Crippen LogP contribution in [0.1, 0.15) is 26.2 Å². The molecule has 2 fully saturated rings. The van der Waals surface area contributed by atoms with Crippen LogP contribution >= 0.6 is 11.5 Å². The molecular formula is C13H22N4O2S2. The molecule has 0 amide bonds. The first-order valence-corrected chi connectivity index (χ1v) is 9.92. The predicted molar refractivity (Wildman–Crippen MR) is 85.7 cm³/mol. The lowest BCUT2D eigenvalue weighted by molar-refractivity contribution is 0.248. The minimum absolute atomic E-state index is 0.130. The van der Waals surface area contributed by atoms with Gasteiger partial charge in [-0.25, -0.2) is 8.42 Å². The van der Waals surface area contributed by atoms with Crippen LogP contribution in [0.4, 0.5) is 10.8 Å². The molecular weight excluding hydrogens is 308 g/mol. The first-order chi connectivity index (χ1) is 10.0. The van der Waals surface area contributed by atoms with E-state index in [-0.39, 0.29) is 16.5 Å². The van der Waals surface area contributed by atoms with Crippen LogP contribution in [0.5, 0.6) is 0 Å². The third kappa shape index (κ3) is 3.02. The van der Waals surface area contributed by atoms with E-state index in [0.29, 0.717) is 6.42 Å². The highest BCUT2D eigenvalue weighted by molar-refractivity contribution is 7.91. The summed E-state index contributed by atoms with van der Waals surface area (Å²) in [5.74, 6) is 0.290. The zero-order valence-corrected chi connectivity index (χ0v) is 13.9. The highest BCUT2D eigenvalue weighted by Gasteiger charge is 2.34. The standard InChI is InChI=1S/C13H22N4O2S2/c1-2-9-21(18,19)11-12(14)15-20-13(11)17-7-5-16(6-8-17)10-3-4-10/h10H,2-9H2,1H3,(H2,14,15). The van der Waals surface area contributed by atoms with Gasteiger partial charge in [-0.15, -0.1) is 0 Å². The molecule has 0 radical (unpaired) electrons. The van der Waals surface area contributed by atoms with E-state index < -0.39 is 9.84 Å². The Labute approximate surface area is 130 Å². The fourth-order valence-electron chi connectivity index (χ4n) is 2.88. The smallest absolute Gasteiger partial charge is 0.185 e. The number of nitrogens with zero attached hydrogens (tertiary/aromatic N) is 3. The molecule has 1 saturated heterocycles. The Morgan fingerprint density at radius 3 is 2.52 bits per heavy atom. The molecule has 0 unspecified atom stereocenters. The maximum absolute atomic E-state index is 12.4. The average molecular weight is 330 g/mol. The minimum atomic E-state index is -3.33. The summed E-state index contributed by atoms with van der Waals surface area (Å²) in [4.78, 5) is 4.89. The second kappa shape index (κ2) is 5.73. The van der Waals surface area contributed by atoms with Crippen molar-refractivity contribution in [3.05, 3.63) is 0 Å². The van der Waals surface area contributed by atoms with Crippen LogP contribution in [0, 0.1) is 0 Å². The fraction of sp³-hybridized carbons (Fsp3) is 0.769.